The fourth-order valence-electron chi connectivity index (χ4n) is 1.55. The van der Waals surface area contributed by atoms with Gasteiger partial charge in [-0.15, -0.1) is 5.43 Å². The molecule has 0 radical (unpaired) electrons. The van der Waals surface area contributed by atoms with E-state index in [9.17, 15) is 4.79 Å². The highest BCUT2D eigenvalue weighted by molar-refractivity contribution is 9.10. The molecule has 1 amide bonds. The van der Waals surface area contributed by atoms with Gasteiger partial charge in [0.15, 0.2) is 12.4 Å². The highest BCUT2D eigenvalue weighted by Gasteiger charge is 2.09. The summed E-state index contributed by atoms with van der Waals surface area (Å²) >= 11 is 3.34. The molecule has 0 saturated carbocycles. The minimum Gasteiger partial charge on any atom is -0.264 e. The second-order valence-corrected chi connectivity index (χ2v) is 4.83. The lowest BCUT2D eigenvalue weighted by molar-refractivity contribution is -0.641. The third-order valence-corrected chi connectivity index (χ3v) is 3.17. The van der Waals surface area contributed by atoms with Crippen LogP contribution in [0, 0.1) is 0 Å². The average molecular weight is 306 g/mol. The number of nitrogens with zero attached hydrogens (tertiary/aromatic N) is 1. The van der Waals surface area contributed by atoms with Crippen molar-refractivity contribution in [3.05, 3.63) is 64.4 Å². The summed E-state index contributed by atoms with van der Waals surface area (Å²) in [6.07, 6.45) is 4.67. The van der Waals surface area contributed by atoms with E-state index in [1.807, 2.05) is 36.7 Å². The van der Waals surface area contributed by atoms with Gasteiger partial charge < -0.3 is 0 Å². The molecule has 0 aliphatic heterocycles. The zero-order valence-corrected chi connectivity index (χ0v) is 11.6. The number of aryl methyl sites for hydroxylation is 1. The topological polar surface area (TPSA) is 33.0 Å². The smallest absolute Gasteiger partial charge is 0.264 e. The fraction of sp³-hybridized carbons (Fsp3) is 0.143. The molecular formula is C14H14BrN2O+. The van der Waals surface area contributed by atoms with E-state index in [0.29, 0.717) is 5.56 Å². The van der Waals surface area contributed by atoms with E-state index in [1.54, 1.807) is 16.8 Å². The largest absolute Gasteiger partial charge is 0.305 e. The standard InChI is InChI=1S/C14H13BrN2O/c1-2-11-7-9-17(10-8-11)16-14(18)12-3-5-13(15)6-4-12/h3-10H,2H2,1H3/p+1. The van der Waals surface area contributed by atoms with E-state index in [-0.39, 0.29) is 5.91 Å². The maximum Gasteiger partial charge on any atom is 0.305 e. The van der Waals surface area contributed by atoms with Crippen molar-refractivity contribution in [2.24, 2.45) is 0 Å². The summed E-state index contributed by atoms with van der Waals surface area (Å²) in [4.78, 5) is 11.9. The van der Waals surface area contributed by atoms with Crippen LogP contribution in [0.4, 0.5) is 0 Å². The number of aromatic nitrogens is 1. The molecule has 4 heteroatoms. The summed E-state index contributed by atoms with van der Waals surface area (Å²) in [5, 5.41) is 0. The van der Waals surface area contributed by atoms with Crippen LogP contribution in [0.5, 0.6) is 0 Å². The summed E-state index contributed by atoms with van der Waals surface area (Å²) in [5.41, 5.74) is 4.66. The lowest BCUT2D eigenvalue weighted by atomic mass is 10.2. The van der Waals surface area contributed by atoms with Gasteiger partial charge in [0, 0.05) is 22.2 Å². The van der Waals surface area contributed by atoms with Crippen molar-refractivity contribution < 1.29 is 9.47 Å². The third kappa shape index (κ3) is 3.17. The van der Waals surface area contributed by atoms with Gasteiger partial charge in [-0.1, -0.05) is 27.5 Å². The van der Waals surface area contributed by atoms with Crippen LogP contribution in [0.15, 0.2) is 53.3 Å². The van der Waals surface area contributed by atoms with Gasteiger partial charge in [-0.25, -0.2) is 0 Å². The number of nitrogens with one attached hydrogen (secondary N) is 1. The molecule has 3 nitrogen and oxygen atoms in total. The Kier molecular flexibility index (Phi) is 4.10. The fourth-order valence-corrected chi connectivity index (χ4v) is 1.81. The van der Waals surface area contributed by atoms with Crippen molar-refractivity contribution in [1.29, 1.82) is 0 Å². The maximum absolute atomic E-state index is 11.9. The van der Waals surface area contributed by atoms with E-state index in [1.165, 1.54) is 5.56 Å². The van der Waals surface area contributed by atoms with Crippen molar-refractivity contribution in [2.45, 2.75) is 13.3 Å². The van der Waals surface area contributed by atoms with Crippen LogP contribution in [0.1, 0.15) is 22.8 Å². The Labute approximate surface area is 115 Å². The van der Waals surface area contributed by atoms with Crippen LogP contribution in [0.25, 0.3) is 0 Å². The number of carbonyl (C=O) groups excluding carboxylic acids is 1. The first-order valence-corrected chi connectivity index (χ1v) is 6.55. The first-order chi connectivity index (χ1) is 8.69. The Balaban J connectivity index is 2.08. The van der Waals surface area contributed by atoms with Gasteiger partial charge in [0.2, 0.25) is 0 Å². The molecule has 0 fully saturated rings. The van der Waals surface area contributed by atoms with Crippen molar-refractivity contribution in [1.82, 2.24) is 0 Å². The Morgan fingerprint density at radius 1 is 1.17 bits per heavy atom. The van der Waals surface area contributed by atoms with Crippen molar-refractivity contribution in [2.75, 3.05) is 5.43 Å². The molecule has 1 N–H and O–H groups in total. The number of amides is 1. The van der Waals surface area contributed by atoms with Crippen molar-refractivity contribution >= 4 is 21.8 Å². The Morgan fingerprint density at radius 3 is 2.33 bits per heavy atom. The first-order valence-electron chi connectivity index (χ1n) is 5.76. The molecule has 0 aliphatic carbocycles. The van der Waals surface area contributed by atoms with Crippen LogP contribution in [0.3, 0.4) is 0 Å². The maximum atomic E-state index is 11.9. The average Bonchev–Trinajstić information content (AvgIpc) is 2.40. The molecule has 18 heavy (non-hydrogen) atoms. The van der Waals surface area contributed by atoms with E-state index in [0.717, 1.165) is 10.9 Å². The second-order valence-electron chi connectivity index (χ2n) is 3.92. The molecular weight excluding hydrogens is 292 g/mol. The molecule has 0 saturated heterocycles. The number of pyridine rings is 1. The van der Waals surface area contributed by atoms with Gasteiger partial charge in [-0.05, 0) is 36.2 Å². The molecule has 1 heterocycles. The van der Waals surface area contributed by atoms with Gasteiger partial charge >= 0.3 is 5.91 Å². The van der Waals surface area contributed by atoms with E-state index < -0.39 is 0 Å². The zero-order valence-electron chi connectivity index (χ0n) is 10.1. The molecule has 0 unspecified atom stereocenters. The minimum atomic E-state index is -0.128. The van der Waals surface area contributed by atoms with Gasteiger partial charge in [-0.3, -0.25) is 4.79 Å². The summed E-state index contributed by atoms with van der Waals surface area (Å²) < 4.78 is 2.61. The predicted molar refractivity (Wildman–Crippen MR) is 73.8 cm³/mol. The van der Waals surface area contributed by atoms with Crippen LogP contribution >= 0.6 is 15.9 Å². The summed E-state index contributed by atoms with van der Waals surface area (Å²) in [6, 6.07) is 11.2. The molecule has 0 spiro atoms. The summed E-state index contributed by atoms with van der Waals surface area (Å²) in [6.45, 7) is 2.10. The summed E-state index contributed by atoms with van der Waals surface area (Å²) in [5.74, 6) is -0.128. The number of halogens is 1. The van der Waals surface area contributed by atoms with Gasteiger partial charge in [-0.2, -0.15) is 0 Å². The lowest BCUT2D eigenvalue weighted by Crippen LogP contribution is -2.47. The molecule has 0 aliphatic rings. The Hall–Kier alpha value is -1.68. The number of hydrogen-bond donors (Lipinski definition) is 1. The molecule has 2 rings (SSSR count). The van der Waals surface area contributed by atoms with Crippen molar-refractivity contribution in [3.63, 3.8) is 0 Å². The zero-order chi connectivity index (χ0) is 13.0. The third-order valence-electron chi connectivity index (χ3n) is 2.64. The highest BCUT2D eigenvalue weighted by atomic mass is 79.9. The molecule has 2 aromatic rings. The molecule has 0 atom stereocenters. The van der Waals surface area contributed by atoms with Gasteiger partial charge in [0.25, 0.3) is 0 Å². The van der Waals surface area contributed by atoms with E-state index in [2.05, 4.69) is 28.3 Å². The number of rotatable bonds is 3. The molecule has 0 bridgehead atoms. The quantitative estimate of drug-likeness (QED) is 0.869. The lowest BCUT2D eigenvalue weighted by Gasteiger charge is -2.00. The van der Waals surface area contributed by atoms with Crippen molar-refractivity contribution in [3.8, 4) is 0 Å². The molecule has 92 valence electrons. The Morgan fingerprint density at radius 2 is 1.78 bits per heavy atom. The number of benzene rings is 1. The van der Waals surface area contributed by atoms with E-state index in [4.69, 9.17) is 0 Å². The van der Waals surface area contributed by atoms with E-state index >= 15 is 0 Å². The van der Waals surface area contributed by atoms with Crippen LogP contribution in [0.2, 0.25) is 0 Å². The van der Waals surface area contributed by atoms with Gasteiger partial charge in [0.1, 0.15) is 0 Å². The SMILES string of the molecule is CCc1cc[n+](NC(=O)c2ccc(Br)cc2)cc1. The normalized spacial score (nSPS) is 10.1. The van der Waals surface area contributed by atoms with Crippen LogP contribution in [-0.2, 0) is 6.42 Å². The minimum absolute atomic E-state index is 0.128. The first kappa shape index (κ1) is 12.8. The van der Waals surface area contributed by atoms with Gasteiger partial charge in [0.05, 0.1) is 0 Å². The second kappa shape index (κ2) is 5.78. The highest BCUT2D eigenvalue weighted by Crippen LogP contribution is 2.10. The Bertz CT molecular complexity index is 535. The monoisotopic (exact) mass is 305 g/mol. The molecule has 1 aromatic carbocycles. The number of hydrogen-bond acceptors (Lipinski definition) is 1. The summed E-state index contributed by atoms with van der Waals surface area (Å²) in [7, 11) is 0. The molecule has 1 aromatic heterocycles. The van der Waals surface area contributed by atoms with Crippen LogP contribution < -0.4 is 10.1 Å². The number of carbonyl (C=O) groups is 1. The van der Waals surface area contributed by atoms with Crippen LogP contribution in [-0.4, -0.2) is 5.91 Å². The predicted octanol–water partition coefficient (Wildman–Crippen LogP) is 2.68.